The molecule has 2 aliphatic heterocycles. The minimum absolute atomic E-state index is 0. The Kier molecular flexibility index (Phi) is 5.41. The van der Waals surface area contributed by atoms with Crippen molar-refractivity contribution >= 4 is 24.2 Å². The normalized spacial score (nSPS) is 27.6. The quantitative estimate of drug-likeness (QED) is 0.793. The molecule has 2 fully saturated rings. The molecule has 0 saturated carbocycles. The second-order valence-corrected chi connectivity index (χ2v) is 5.01. The summed E-state index contributed by atoms with van der Waals surface area (Å²) in [6, 6.07) is 0. The number of hydrogen-bond acceptors (Lipinski definition) is 3. The van der Waals surface area contributed by atoms with Crippen molar-refractivity contribution in [3.05, 3.63) is 0 Å². The summed E-state index contributed by atoms with van der Waals surface area (Å²) in [5, 5.41) is 0. The first-order valence-corrected chi connectivity index (χ1v) is 6.42. The number of rotatable bonds is 3. The molecule has 104 valence electrons. The summed E-state index contributed by atoms with van der Waals surface area (Å²) in [6.45, 7) is 5.47. The molecular formula is C12H22ClN3O2. The average Bonchev–Trinajstić information content (AvgIpc) is 2.94. The molecule has 2 N–H and O–H groups in total. The van der Waals surface area contributed by atoms with Gasteiger partial charge in [0, 0.05) is 32.6 Å². The molecule has 2 unspecified atom stereocenters. The Hall–Kier alpha value is -0.810. The molecule has 2 rings (SSSR count). The lowest BCUT2D eigenvalue weighted by atomic mass is 10.1. The largest absolute Gasteiger partial charge is 0.342 e. The van der Waals surface area contributed by atoms with Gasteiger partial charge in [0.05, 0.1) is 5.92 Å². The number of nitrogens with two attached hydrogens (primary N) is 1. The van der Waals surface area contributed by atoms with Crippen LogP contribution in [0.5, 0.6) is 0 Å². The van der Waals surface area contributed by atoms with Gasteiger partial charge in [0.15, 0.2) is 0 Å². The molecule has 0 aliphatic carbocycles. The number of likely N-dealkylation sites (tertiary alicyclic amines) is 2. The van der Waals surface area contributed by atoms with Crippen LogP contribution < -0.4 is 5.73 Å². The molecule has 18 heavy (non-hydrogen) atoms. The van der Waals surface area contributed by atoms with Crippen molar-refractivity contribution in [1.82, 2.24) is 9.80 Å². The smallest absolute Gasteiger partial charge is 0.228 e. The highest BCUT2D eigenvalue weighted by molar-refractivity contribution is 5.89. The van der Waals surface area contributed by atoms with Crippen molar-refractivity contribution < 1.29 is 9.59 Å². The van der Waals surface area contributed by atoms with Gasteiger partial charge >= 0.3 is 0 Å². The van der Waals surface area contributed by atoms with Crippen molar-refractivity contribution in [3.63, 3.8) is 0 Å². The number of halogens is 1. The molecule has 0 aromatic carbocycles. The topological polar surface area (TPSA) is 66.6 Å². The predicted molar refractivity (Wildman–Crippen MR) is 71.4 cm³/mol. The monoisotopic (exact) mass is 275 g/mol. The number of amides is 2. The summed E-state index contributed by atoms with van der Waals surface area (Å²) in [7, 11) is 0. The molecular weight excluding hydrogens is 254 g/mol. The molecule has 0 spiro atoms. The van der Waals surface area contributed by atoms with Crippen LogP contribution in [-0.2, 0) is 9.59 Å². The number of carbonyl (C=O) groups excluding carboxylic acids is 2. The van der Waals surface area contributed by atoms with Crippen LogP contribution in [0.4, 0.5) is 0 Å². The fraction of sp³-hybridized carbons (Fsp3) is 0.833. The van der Waals surface area contributed by atoms with Gasteiger partial charge in [-0.25, -0.2) is 0 Å². The lowest BCUT2D eigenvalue weighted by molar-refractivity contribution is -0.135. The molecule has 2 aliphatic rings. The highest BCUT2D eigenvalue weighted by Crippen LogP contribution is 2.23. The van der Waals surface area contributed by atoms with Gasteiger partial charge in [-0.2, -0.15) is 0 Å². The Morgan fingerprint density at radius 3 is 2.67 bits per heavy atom. The van der Waals surface area contributed by atoms with Crippen molar-refractivity contribution in [1.29, 1.82) is 0 Å². The molecule has 0 bridgehead atoms. The van der Waals surface area contributed by atoms with Gasteiger partial charge in [-0.1, -0.05) is 0 Å². The van der Waals surface area contributed by atoms with Crippen LogP contribution in [0.3, 0.4) is 0 Å². The van der Waals surface area contributed by atoms with E-state index < -0.39 is 0 Å². The zero-order valence-corrected chi connectivity index (χ0v) is 11.6. The van der Waals surface area contributed by atoms with Crippen molar-refractivity contribution in [2.75, 3.05) is 32.7 Å². The summed E-state index contributed by atoms with van der Waals surface area (Å²) in [6.07, 6.45) is 1.39. The van der Waals surface area contributed by atoms with Crippen LogP contribution in [0.15, 0.2) is 0 Å². The molecule has 2 saturated heterocycles. The van der Waals surface area contributed by atoms with Gasteiger partial charge in [-0.15, -0.1) is 12.4 Å². The van der Waals surface area contributed by atoms with E-state index in [2.05, 4.69) is 0 Å². The molecule has 2 atom stereocenters. The molecule has 5 nitrogen and oxygen atoms in total. The maximum atomic E-state index is 12.2. The first-order valence-electron chi connectivity index (χ1n) is 6.42. The summed E-state index contributed by atoms with van der Waals surface area (Å²) >= 11 is 0. The minimum atomic E-state index is -0.126. The molecule has 0 radical (unpaired) electrons. The highest BCUT2D eigenvalue weighted by Gasteiger charge is 2.37. The van der Waals surface area contributed by atoms with E-state index in [1.165, 1.54) is 0 Å². The molecule has 0 aromatic rings. The Bertz CT molecular complexity index is 324. The average molecular weight is 276 g/mol. The third-order valence-corrected chi connectivity index (χ3v) is 3.88. The number of carbonyl (C=O) groups is 2. The summed E-state index contributed by atoms with van der Waals surface area (Å²) in [5.41, 5.74) is 5.61. The van der Waals surface area contributed by atoms with Crippen LogP contribution in [0.2, 0.25) is 0 Å². The fourth-order valence-corrected chi connectivity index (χ4v) is 2.73. The lowest BCUT2D eigenvalue weighted by Crippen LogP contribution is -2.36. The van der Waals surface area contributed by atoms with Gasteiger partial charge in [-0.05, 0) is 25.8 Å². The third kappa shape index (κ3) is 2.95. The highest BCUT2D eigenvalue weighted by atomic mass is 35.5. The summed E-state index contributed by atoms with van der Waals surface area (Å²) in [5.74, 6) is 0.572. The SMILES string of the molecule is CCN1CC(C(=O)N2CCC(CN)C2)CC1=O.Cl. The first-order chi connectivity index (χ1) is 8.15. The van der Waals surface area contributed by atoms with Crippen molar-refractivity contribution in [2.24, 2.45) is 17.6 Å². The minimum Gasteiger partial charge on any atom is -0.342 e. The van der Waals surface area contributed by atoms with Crippen molar-refractivity contribution in [3.8, 4) is 0 Å². The van der Waals surface area contributed by atoms with Crippen LogP contribution in [-0.4, -0.2) is 54.3 Å². The van der Waals surface area contributed by atoms with Crippen LogP contribution in [0.25, 0.3) is 0 Å². The standard InChI is InChI=1S/C12H21N3O2.ClH/c1-2-14-8-10(5-11(14)16)12(17)15-4-3-9(6-13)7-15;/h9-10H,2-8,13H2,1H3;1H. The lowest BCUT2D eigenvalue weighted by Gasteiger charge is -2.20. The van der Waals surface area contributed by atoms with Crippen LogP contribution >= 0.6 is 12.4 Å². The van der Waals surface area contributed by atoms with Crippen molar-refractivity contribution in [2.45, 2.75) is 19.8 Å². The molecule has 2 amide bonds. The summed E-state index contributed by atoms with van der Waals surface area (Å²) < 4.78 is 0. The van der Waals surface area contributed by atoms with E-state index in [0.29, 0.717) is 32.0 Å². The van der Waals surface area contributed by atoms with Gasteiger partial charge in [0.2, 0.25) is 11.8 Å². The number of hydrogen-bond donors (Lipinski definition) is 1. The van der Waals surface area contributed by atoms with E-state index in [0.717, 1.165) is 19.5 Å². The Morgan fingerprint density at radius 2 is 2.17 bits per heavy atom. The Balaban J connectivity index is 0.00000162. The zero-order chi connectivity index (χ0) is 12.4. The van der Waals surface area contributed by atoms with Gasteiger partial charge < -0.3 is 15.5 Å². The van der Waals surface area contributed by atoms with Crippen LogP contribution in [0.1, 0.15) is 19.8 Å². The molecule has 0 aromatic heterocycles. The Morgan fingerprint density at radius 1 is 1.44 bits per heavy atom. The third-order valence-electron chi connectivity index (χ3n) is 3.88. The zero-order valence-electron chi connectivity index (χ0n) is 10.8. The fourth-order valence-electron chi connectivity index (χ4n) is 2.73. The van der Waals surface area contributed by atoms with Crippen LogP contribution in [0, 0.1) is 11.8 Å². The second-order valence-electron chi connectivity index (χ2n) is 5.01. The first kappa shape index (κ1) is 15.2. The van der Waals surface area contributed by atoms with E-state index in [1.54, 1.807) is 4.90 Å². The van der Waals surface area contributed by atoms with E-state index >= 15 is 0 Å². The second kappa shape index (κ2) is 6.38. The van der Waals surface area contributed by atoms with E-state index in [9.17, 15) is 9.59 Å². The van der Waals surface area contributed by atoms with E-state index in [-0.39, 0.29) is 30.1 Å². The molecule has 6 heteroatoms. The predicted octanol–water partition coefficient (Wildman–Crippen LogP) is 0.0838. The summed E-state index contributed by atoms with van der Waals surface area (Å²) in [4.78, 5) is 27.5. The maximum Gasteiger partial charge on any atom is 0.228 e. The molecule has 2 heterocycles. The Labute approximate surface area is 114 Å². The maximum absolute atomic E-state index is 12.2. The van der Waals surface area contributed by atoms with Gasteiger partial charge in [0.25, 0.3) is 0 Å². The van der Waals surface area contributed by atoms with E-state index in [4.69, 9.17) is 5.73 Å². The van der Waals surface area contributed by atoms with Gasteiger partial charge in [0.1, 0.15) is 0 Å². The van der Waals surface area contributed by atoms with E-state index in [1.807, 2.05) is 11.8 Å². The van der Waals surface area contributed by atoms with Gasteiger partial charge in [-0.3, -0.25) is 9.59 Å². The number of nitrogens with zero attached hydrogens (tertiary/aromatic N) is 2.